The average Bonchev–Trinajstić information content (AvgIpc) is 2.53. The highest BCUT2D eigenvalue weighted by molar-refractivity contribution is 5.72. The van der Waals surface area contributed by atoms with Crippen LogP contribution in [0, 0.1) is 17.0 Å². The zero-order chi connectivity index (χ0) is 16.1. The van der Waals surface area contributed by atoms with E-state index in [0.717, 1.165) is 24.3 Å². The van der Waals surface area contributed by atoms with Crippen molar-refractivity contribution in [2.24, 2.45) is 0 Å². The molecule has 0 aromatic heterocycles. The fraction of sp³-hybridized carbons (Fsp3) is 0.571. The lowest BCUT2D eigenvalue weighted by atomic mass is 10.1. The molecule has 22 heavy (non-hydrogen) atoms. The summed E-state index contributed by atoms with van der Waals surface area (Å²) in [5, 5.41) is 35.9. The van der Waals surface area contributed by atoms with Crippen molar-refractivity contribution in [1.29, 1.82) is 0 Å². The summed E-state index contributed by atoms with van der Waals surface area (Å²) >= 11 is 0. The van der Waals surface area contributed by atoms with Crippen LogP contribution in [0.25, 0.3) is 0 Å². The number of aliphatic hydroxyl groups excluding tert-OH is 2. The van der Waals surface area contributed by atoms with Crippen LogP contribution in [0.3, 0.4) is 0 Å². The van der Waals surface area contributed by atoms with Crippen molar-refractivity contribution in [3.63, 3.8) is 0 Å². The van der Waals surface area contributed by atoms with Gasteiger partial charge in [0.25, 0.3) is 5.69 Å². The molecule has 0 aliphatic carbocycles. The van der Waals surface area contributed by atoms with Gasteiger partial charge in [-0.25, -0.2) is 0 Å². The van der Waals surface area contributed by atoms with E-state index >= 15 is 0 Å². The van der Waals surface area contributed by atoms with Gasteiger partial charge in [0.1, 0.15) is 5.69 Å². The third kappa shape index (κ3) is 3.85. The Morgan fingerprint density at radius 2 is 2.14 bits per heavy atom. The van der Waals surface area contributed by atoms with E-state index in [1.54, 1.807) is 19.1 Å². The van der Waals surface area contributed by atoms with Gasteiger partial charge in [0.05, 0.1) is 17.6 Å². The zero-order valence-electron chi connectivity index (χ0n) is 12.6. The molecule has 1 saturated heterocycles. The molecule has 1 fully saturated rings. The summed E-state index contributed by atoms with van der Waals surface area (Å²) in [4.78, 5) is 12.9. The Morgan fingerprint density at radius 1 is 1.45 bits per heavy atom. The minimum absolute atomic E-state index is 0.0904. The quantitative estimate of drug-likeness (QED) is 0.435. The minimum atomic E-state index is -0.864. The molecule has 1 heterocycles. The molecule has 4 N–H and O–H groups in total. The Hall–Kier alpha value is -1.90. The number of hydrogen-bond acceptors (Lipinski definition) is 7. The zero-order valence-corrected chi connectivity index (χ0v) is 12.6. The molecule has 1 atom stereocenters. The van der Waals surface area contributed by atoms with Crippen LogP contribution in [-0.4, -0.2) is 60.6 Å². The number of nitrogens with one attached hydrogen (secondary N) is 2. The van der Waals surface area contributed by atoms with Crippen molar-refractivity contribution in [3.8, 4) is 0 Å². The van der Waals surface area contributed by atoms with Gasteiger partial charge in [0.2, 0.25) is 0 Å². The summed E-state index contributed by atoms with van der Waals surface area (Å²) < 4.78 is 0. The molecule has 1 unspecified atom stereocenters. The van der Waals surface area contributed by atoms with E-state index in [2.05, 4.69) is 10.6 Å². The predicted molar refractivity (Wildman–Crippen MR) is 84.5 cm³/mol. The number of hydrogen-bond donors (Lipinski definition) is 4. The number of aryl methyl sites for hydroxylation is 1. The first-order valence-electron chi connectivity index (χ1n) is 7.30. The number of aliphatic hydroxyl groups is 2. The number of nitrogens with zero attached hydrogens (tertiary/aromatic N) is 2. The fourth-order valence-corrected chi connectivity index (χ4v) is 2.47. The minimum Gasteiger partial charge on any atom is -0.394 e. The molecule has 0 bridgehead atoms. The number of benzene rings is 1. The maximum atomic E-state index is 11.3. The standard InChI is InChI=1S/C14H22N4O4/c1-10-6-14(18(21)22)13(17-4-2-15-3-5-17)7-12(10)16-8-11(20)9-19/h6-7,11,15-16,19-20H,2-5,8-9H2,1H3. The first-order chi connectivity index (χ1) is 10.5. The Morgan fingerprint density at radius 3 is 2.73 bits per heavy atom. The summed E-state index contributed by atoms with van der Waals surface area (Å²) in [6.45, 7) is 4.64. The van der Waals surface area contributed by atoms with E-state index in [1.807, 2.05) is 4.90 Å². The molecule has 1 aromatic carbocycles. The SMILES string of the molecule is Cc1cc([N+](=O)[O-])c(N2CCNCC2)cc1NCC(O)CO. The number of piperazine rings is 1. The lowest BCUT2D eigenvalue weighted by Crippen LogP contribution is -2.43. The predicted octanol–water partition coefficient (Wildman–Crippen LogP) is 0.0779. The van der Waals surface area contributed by atoms with Gasteiger partial charge in [-0.3, -0.25) is 10.1 Å². The lowest BCUT2D eigenvalue weighted by Gasteiger charge is -2.29. The van der Waals surface area contributed by atoms with Gasteiger partial charge in [-0.2, -0.15) is 0 Å². The summed E-state index contributed by atoms with van der Waals surface area (Å²) in [5.74, 6) is 0. The Balaban J connectivity index is 2.29. The third-order valence-corrected chi connectivity index (χ3v) is 3.71. The van der Waals surface area contributed by atoms with Gasteiger partial charge < -0.3 is 25.7 Å². The molecule has 0 radical (unpaired) electrons. The number of nitro benzene ring substituents is 1. The second-order valence-corrected chi connectivity index (χ2v) is 5.37. The molecule has 0 amide bonds. The van der Waals surface area contributed by atoms with E-state index in [9.17, 15) is 15.2 Å². The summed E-state index contributed by atoms with van der Waals surface area (Å²) in [7, 11) is 0. The molecule has 2 rings (SSSR count). The molecule has 0 saturated carbocycles. The summed E-state index contributed by atoms with van der Waals surface area (Å²) in [6.07, 6.45) is -0.864. The highest BCUT2D eigenvalue weighted by Crippen LogP contribution is 2.34. The van der Waals surface area contributed by atoms with Crippen LogP contribution in [0.1, 0.15) is 5.56 Å². The molecular formula is C14H22N4O4. The van der Waals surface area contributed by atoms with Gasteiger partial charge >= 0.3 is 0 Å². The van der Waals surface area contributed by atoms with Gasteiger partial charge in [0.15, 0.2) is 0 Å². The lowest BCUT2D eigenvalue weighted by molar-refractivity contribution is -0.384. The van der Waals surface area contributed by atoms with E-state index in [0.29, 0.717) is 18.8 Å². The van der Waals surface area contributed by atoms with Gasteiger partial charge in [-0.05, 0) is 18.6 Å². The molecule has 8 nitrogen and oxygen atoms in total. The average molecular weight is 310 g/mol. The summed E-state index contributed by atoms with van der Waals surface area (Å²) in [6, 6.07) is 3.30. The van der Waals surface area contributed by atoms with Crippen LogP contribution >= 0.6 is 0 Å². The normalized spacial score (nSPS) is 16.4. The molecule has 1 aromatic rings. The third-order valence-electron chi connectivity index (χ3n) is 3.71. The Kier molecular flexibility index (Phi) is 5.53. The second-order valence-electron chi connectivity index (χ2n) is 5.37. The first-order valence-corrected chi connectivity index (χ1v) is 7.30. The highest BCUT2D eigenvalue weighted by Gasteiger charge is 2.23. The Bertz CT molecular complexity index is 532. The Labute approximate surface area is 128 Å². The van der Waals surface area contributed by atoms with Gasteiger partial charge in [-0.15, -0.1) is 0 Å². The molecule has 8 heteroatoms. The number of rotatable bonds is 6. The van der Waals surface area contributed by atoms with Crippen LogP contribution < -0.4 is 15.5 Å². The maximum Gasteiger partial charge on any atom is 0.292 e. The van der Waals surface area contributed by atoms with Crippen LogP contribution in [0.2, 0.25) is 0 Å². The van der Waals surface area contributed by atoms with Crippen molar-refractivity contribution in [1.82, 2.24) is 5.32 Å². The van der Waals surface area contributed by atoms with Crippen molar-refractivity contribution in [3.05, 3.63) is 27.8 Å². The largest absolute Gasteiger partial charge is 0.394 e. The van der Waals surface area contributed by atoms with E-state index in [-0.39, 0.29) is 23.8 Å². The van der Waals surface area contributed by atoms with Gasteiger partial charge in [-0.1, -0.05) is 0 Å². The molecule has 1 aliphatic rings. The van der Waals surface area contributed by atoms with E-state index in [4.69, 9.17) is 5.11 Å². The molecule has 1 aliphatic heterocycles. The first kappa shape index (κ1) is 16.5. The molecule has 0 spiro atoms. The fourth-order valence-electron chi connectivity index (χ4n) is 2.47. The maximum absolute atomic E-state index is 11.3. The highest BCUT2D eigenvalue weighted by atomic mass is 16.6. The summed E-state index contributed by atoms with van der Waals surface area (Å²) in [5.41, 5.74) is 2.13. The molecule has 122 valence electrons. The van der Waals surface area contributed by atoms with E-state index < -0.39 is 6.10 Å². The van der Waals surface area contributed by atoms with Crippen LogP contribution in [0.15, 0.2) is 12.1 Å². The second kappa shape index (κ2) is 7.39. The van der Waals surface area contributed by atoms with Crippen LogP contribution in [0.5, 0.6) is 0 Å². The smallest absolute Gasteiger partial charge is 0.292 e. The van der Waals surface area contributed by atoms with Crippen molar-refractivity contribution in [2.75, 3.05) is 49.5 Å². The topological polar surface area (TPSA) is 111 Å². The van der Waals surface area contributed by atoms with Crippen molar-refractivity contribution >= 4 is 17.1 Å². The van der Waals surface area contributed by atoms with Crippen LogP contribution in [0.4, 0.5) is 17.1 Å². The van der Waals surface area contributed by atoms with Gasteiger partial charge in [0, 0.05) is 44.5 Å². The van der Waals surface area contributed by atoms with Crippen LogP contribution in [-0.2, 0) is 0 Å². The number of nitro groups is 1. The van der Waals surface area contributed by atoms with E-state index in [1.165, 1.54) is 0 Å². The number of anilines is 2. The monoisotopic (exact) mass is 310 g/mol. The van der Waals surface area contributed by atoms with Crippen molar-refractivity contribution in [2.45, 2.75) is 13.0 Å². The van der Waals surface area contributed by atoms with Crippen molar-refractivity contribution < 1.29 is 15.1 Å². The molecular weight excluding hydrogens is 288 g/mol.